The summed E-state index contributed by atoms with van der Waals surface area (Å²) in [6, 6.07) is 22.1. The number of nitrogens with one attached hydrogen (secondary N) is 1. The van der Waals surface area contributed by atoms with Gasteiger partial charge in [0.25, 0.3) is 0 Å². The van der Waals surface area contributed by atoms with Crippen molar-refractivity contribution in [3.63, 3.8) is 0 Å². The van der Waals surface area contributed by atoms with E-state index in [9.17, 15) is 18.0 Å². The fraction of sp³-hybridized carbons (Fsp3) is 0.214. The molecule has 1 aliphatic heterocycles. The number of hydrogen-bond acceptors (Lipinski definition) is 3. The molecule has 0 atom stereocenters. The van der Waals surface area contributed by atoms with Crippen molar-refractivity contribution in [2.24, 2.45) is 4.99 Å². The van der Waals surface area contributed by atoms with Crippen LogP contribution in [0.15, 0.2) is 95.8 Å². The first-order valence-corrected chi connectivity index (χ1v) is 11.6. The van der Waals surface area contributed by atoms with Crippen LogP contribution in [0, 0.1) is 6.92 Å². The van der Waals surface area contributed by atoms with Crippen molar-refractivity contribution in [1.29, 1.82) is 0 Å². The summed E-state index contributed by atoms with van der Waals surface area (Å²) in [5.41, 5.74) is 2.51. The van der Waals surface area contributed by atoms with E-state index in [2.05, 4.69) is 10.3 Å². The third kappa shape index (κ3) is 5.94. The Balaban J connectivity index is 1.66. The molecule has 1 heterocycles. The maximum atomic E-state index is 13.7. The number of halogens is 3. The molecule has 1 aliphatic rings. The number of allylic oxidation sites excluding steroid dienone is 1. The first-order chi connectivity index (χ1) is 17.2. The van der Waals surface area contributed by atoms with Gasteiger partial charge in [0.05, 0.1) is 12.1 Å². The molecule has 36 heavy (non-hydrogen) atoms. The van der Waals surface area contributed by atoms with Crippen molar-refractivity contribution in [1.82, 2.24) is 9.80 Å². The zero-order valence-electron chi connectivity index (χ0n) is 20.1. The summed E-state index contributed by atoms with van der Waals surface area (Å²) < 4.78 is 39.8. The third-order valence-corrected chi connectivity index (χ3v) is 5.85. The van der Waals surface area contributed by atoms with Crippen molar-refractivity contribution in [3.8, 4) is 0 Å². The van der Waals surface area contributed by atoms with Gasteiger partial charge in [0, 0.05) is 12.2 Å². The summed E-state index contributed by atoms with van der Waals surface area (Å²) in [6.45, 7) is 4.39. The first kappa shape index (κ1) is 25.0. The number of alkyl halides is 3. The molecular formula is C28H27F3N4O. The average Bonchev–Trinajstić information content (AvgIpc) is 2.86. The molecule has 0 spiro atoms. The predicted octanol–water partition coefficient (Wildman–Crippen LogP) is 6.82. The summed E-state index contributed by atoms with van der Waals surface area (Å²) in [5, 5.41) is 2.95. The highest BCUT2D eigenvalue weighted by Gasteiger charge is 2.34. The smallest absolute Gasteiger partial charge is 0.325 e. The molecule has 0 bridgehead atoms. The van der Waals surface area contributed by atoms with Crippen LogP contribution in [0.5, 0.6) is 0 Å². The molecule has 2 amide bonds. The predicted molar refractivity (Wildman–Crippen MR) is 135 cm³/mol. The zero-order valence-corrected chi connectivity index (χ0v) is 20.1. The number of hydrogen-bond donors (Lipinski definition) is 1. The lowest BCUT2D eigenvalue weighted by Gasteiger charge is -2.36. The van der Waals surface area contributed by atoms with Crippen molar-refractivity contribution < 1.29 is 18.0 Å². The van der Waals surface area contributed by atoms with Crippen molar-refractivity contribution in [2.75, 3.05) is 11.9 Å². The molecule has 0 aliphatic carbocycles. The van der Waals surface area contributed by atoms with Gasteiger partial charge in [-0.15, -0.1) is 0 Å². The minimum absolute atomic E-state index is 0.184. The van der Waals surface area contributed by atoms with Crippen molar-refractivity contribution in [3.05, 3.63) is 113 Å². The van der Waals surface area contributed by atoms with Crippen molar-refractivity contribution in [2.45, 2.75) is 33.0 Å². The molecule has 3 aromatic rings. The van der Waals surface area contributed by atoms with E-state index in [1.54, 1.807) is 17.9 Å². The molecule has 4 rings (SSSR count). The van der Waals surface area contributed by atoms with E-state index in [-0.39, 0.29) is 17.7 Å². The van der Waals surface area contributed by atoms with Crippen LogP contribution >= 0.6 is 0 Å². The number of anilines is 1. The van der Waals surface area contributed by atoms with Gasteiger partial charge in [-0.2, -0.15) is 18.2 Å². The van der Waals surface area contributed by atoms with Gasteiger partial charge >= 0.3 is 12.2 Å². The van der Waals surface area contributed by atoms with E-state index in [4.69, 9.17) is 0 Å². The number of aliphatic imine (C=N–C) groups is 1. The molecule has 3 aromatic carbocycles. The highest BCUT2D eigenvalue weighted by Crippen LogP contribution is 2.31. The average molecular weight is 493 g/mol. The van der Waals surface area contributed by atoms with Gasteiger partial charge in [-0.3, -0.25) is 9.80 Å². The largest absolute Gasteiger partial charge is 0.416 e. The summed E-state index contributed by atoms with van der Waals surface area (Å²) in [5.74, 6) is 0.606. The van der Waals surface area contributed by atoms with Crippen LogP contribution in [0.1, 0.15) is 29.2 Å². The second kappa shape index (κ2) is 10.7. The summed E-state index contributed by atoms with van der Waals surface area (Å²) in [4.78, 5) is 21.4. The van der Waals surface area contributed by atoms with Crippen LogP contribution in [0.3, 0.4) is 0 Å². The number of aryl methyl sites for hydroxylation is 1. The molecule has 0 saturated heterocycles. The van der Waals surface area contributed by atoms with Crippen LogP contribution in [0.2, 0.25) is 0 Å². The number of amides is 2. The molecule has 0 fully saturated rings. The molecule has 0 radical (unpaired) electrons. The highest BCUT2D eigenvalue weighted by atomic mass is 19.4. The molecular weight excluding hydrogens is 465 g/mol. The lowest BCUT2D eigenvalue weighted by Crippen LogP contribution is -2.52. The molecule has 0 unspecified atom stereocenters. The minimum Gasteiger partial charge on any atom is -0.325 e. The Bertz CT molecular complexity index is 1270. The Kier molecular flexibility index (Phi) is 7.43. The summed E-state index contributed by atoms with van der Waals surface area (Å²) in [6.07, 6.45) is -2.21. The fourth-order valence-electron chi connectivity index (χ4n) is 3.89. The monoisotopic (exact) mass is 492 g/mol. The van der Waals surface area contributed by atoms with Gasteiger partial charge in [0.2, 0.25) is 5.96 Å². The molecule has 1 N–H and O–H groups in total. The van der Waals surface area contributed by atoms with Crippen LogP contribution < -0.4 is 5.32 Å². The molecule has 0 saturated carbocycles. The zero-order chi connectivity index (χ0) is 25.7. The maximum absolute atomic E-state index is 13.7. The molecule has 5 nitrogen and oxygen atoms in total. The lowest BCUT2D eigenvalue weighted by atomic mass is 10.1. The van der Waals surface area contributed by atoms with Crippen LogP contribution in [0.25, 0.3) is 0 Å². The summed E-state index contributed by atoms with van der Waals surface area (Å²) >= 11 is 0. The standard InChI is InChI=1S/C28H27F3N4O/c1-3-25-33-26(32-24-11-7-10-23(18-24)28(29,30)31)34(17-16-21-8-5-4-6-9-21)27(36)35(25)19-22-14-12-20(2)13-15-22/h3-15,18H,16-17,19H2,1-2H3,(H,32,33). The topological polar surface area (TPSA) is 47.9 Å². The maximum Gasteiger partial charge on any atom is 0.416 e. The molecule has 0 aromatic heterocycles. The van der Waals surface area contributed by atoms with Gasteiger partial charge in [0.1, 0.15) is 5.82 Å². The minimum atomic E-state index is -4.48. The lowest BCUT2D eigenvalue weighted by molar-refractivity contribution is -0.137. The van der Waals surface area contributed by atoms with Crippen LogP contribution in [-0.2, 0) is 19.1 Å². The normalized spacial score (nSPS) is 15.3. The highest BCUT2D eigenvalue weighted by molar-refractivity contribution is 6.06. The number of carbonyl (C=O) groups is 1. The Morgan fingerprint density at radius 3 is 2.31 bits per heavy atom. The van der Waals surface area contributed by atoms with E-state index in [1.807, 2.05) is 61.5 Å². The van der Waals surface area contributed by atoms with E-state index < -0.39 is 11.7 Å². The number of guanidine groups is 1. The quantitative estimate of drug-likeness (QED) is 0.410. The van der Waals surface area contributed by atoms with Gasteiger partial charge in [0.15, 0.2) is 0 Å². The Hall–Kier alpha value is -4.07. The first-order valence-electron chi connectivity index (χ1n) is 11.6. The number of benzene rings is 3. The number of urea groups is 1. The Morgan fingerprint density at radius 2 is 1.64 bits per heavy atom. The SMILES string of the molecule is CC=C1N=C(Nc2cccc(C(F)(F)F)c2)N(CCc2ccccc2)C(=O)N1Cc1ccc(C)cc1. The van der Waals surface area contributed by atoms with Crippen LogP contribution in [0.4, 0.5) is 23.7 Å². The number of nitrogens with zero attached hydrogens (tertiary/aromatic N) is 3. The second-order valence-corrected chi connectivity index (χ2v) is 8.53. The van der Waals surface area contributed by atoms with E-state index >= 15 is 0 Å². The van der Waals surface area contributed by atoms with Gasteiger partial charge in [-0.05, 0) is 55.7 Å². The van der Waals surface area contributed by atoms with E-state index in [1.165, 1.54) is 17.0 Å². The van der Waals surface area contributed by atoms with E-state index in [0.717, 1.165) is 28.8 Å². The third-order valence-electron chi connectivity index (χ3n) is 5.85. The molecule has 186 valence electrons. The Labute approximate surface area is 208 Å². The van der Waals surface area contributed by atoms with E-state index in [0.29, 0.717) is 25.3 Å². The molecule has 8 heteroatoms. The Morgan fingerprint density at radius 1 is 0.917 bits per heavy atom. The van der Waals surface area contributed by atoms with Crippen molar-refractivity contribution >= 4 is 17.7 Å². The number of rotatable bonds is 6. The van der Waals surface area contributed by atoms with Gasteiger partial charge < -0.3 is 5.32 Å². The van der Waals surface area contributed by atoms with Gasteiger partial charge in [-0.25, -0.2) is 4.79 Å². The second-order valence-electron chi connectivity index (χ2n) is 8.53. The fourth-order valence-corrected chi connectivity index (χ4v) is 3.89. The van der Waals surface area contributed by atoms with Crippen LogP contribution in [-0.4, -0.2) is 28.3 Å². The number of carbonyl (C=O) groups excluding carboxylic acids is 1. The van der Waals surface area contributed by atoms with Gasteiger partial charge in [-0.1, -0.05) is 66.2 Å². The summed E-state index contributed by atoms with van der Waals surface area (Å²) in [7, 11) is 0.